The summed E-state index contributed by atoms with van der Waals surface area (Å²) in [4.78, 5) is 20.4. The Morgan fingerprint density at radius 3 is 2.80 bits per heavy atom. The van der Waals surface area contributed by atoms with Crippen molar-refractivity contribution in [3.63, 3.8) is 0 Å². The Morgan fingerprint density at radius 1 is 1.73 bits per heavy atom. The van der Waals surface area contributed by atoms with Gasteiger partial charge in [0, 0.05) is 6.42 Å². The number of methoxy groups -OCH3 is 1. The predicted molar refractivity (Wildman–Crippen MR) is 51.8 cm³/mol. The van der Waals surface area contributed by atoms with Gasteiger partial charge in [-0.15, -0.1) is 0 Å². The molecule has 5 N–H and O–H groups in total. The van der Waals surface area contributed by atoms with E-state index in [0.29, 0.717) is 19.3 Å². The van der Waals surface area contributed by atoms with E-state index in [1.165, 1.54) is 7.11 Å². The van der Waals surface area contributed by atoms with Gasteiger partial charge in [0.15, 0.2) is 6.04 Å². The molecule has 0 heterocycles. The fourth-order valence-electron chi connectivity index (χ4n) is 1.04. The van der Waals surface area contributed by atoms with E-state index < -0.39 is 11.0 Å². The van der Waals surface area contributed by atoms with Crippen LogP contribution < -0.4 is 11.5 Å². The van der Waals surface area contributed by atoms with Gasteiger partial charge in [0.1, 0.15) is 0 Å². The molecule has 86 valence electrons. The summed E-state index contributed by atoms with van der Waals surface area (Å²) in [5, 5.41) is 10.0. The molecule has 1 unspecified atom stereocenters. The fourth-order valence-corrected chi connectivity index (χ4v) is 1.04. The molecule has 7 heteroatoms. The van der Waals surface area contributed by atoms with Crippen molar-refractivity contribution in [1.82, 2.24) is 0 Å². The second-order valence-electron chi connectivity index (χ2n) is 3.10. The first kappa shape index (κ1) is 13.4. The Balaban J connectivity index is 3.80. The number of hydrogen-bond donors (Lipinski definition) is 2. The number of hydrogen-bond acceptors (Lipinski definition) is 5. The maximum absolute atomic E-state index is 10.9. The quantitative estimate of drug-likeness (QED) is 0.337. The minimum atomic E-state index is -0.600. The first-order valence-corrected chi connectivity index (χ1v) is 4.48. The maximum atomic E-state index is 10.9. The number of quaternary nitrogens is 1. The summed E-state index contributed by atoms with van der Waals surface area (Å²) in [7, 11) is 1.29. The van der Waals surface area contributed by atoms with Gasteiger partial charge in [-0.25, -0.2) is 4.79 Å². The van der Waals surface area contributed by atoms with Crippen LogP contribution in [0.25, 0.3) is 0 Å². The fraction of sp³-hybridized carbons (Fsp3) is 0.625. The Morgan fingerprint density at radius 2 is 2.33 bits per heavy atom. The van der Waals surface area contributed by atoms with Crippen molar-refractivity contribution in [1.29, 1.82) is 0 Å². The molecule has 0 aromatic carbocycles. The van der Waals surface area contributed by atoms with Crippen LogP contribution in [0.2, 0.25) is 0 Å². The van der Waals surface area contributed by atoms with Crippen molar-refractivity contribution >= 4 is 5.97 Å². The highest BCUT2D eigenvalue weighted by atomic mass is 16.6. The number of esters is 1. The van der Waals surface area contributed by atoms with Crippen molar-refractivity contribution in [2.75, 3.05) is 7.11 Å². The summed E-state index contributed by atoms with van der Waals surface area (Å²) >= 11 is 0. The van der Waals surface area contributed by atoms with Gasteiger partial charge >= 0.3 is 5.97 Å². The number of nitrogens with two attached hydrogens (primary N) is 1. The van der Waals surface area contributed by atoms with Crippen LogP contribution in [-0.4, -0.2) is 24.0 Å². The Hall–Kier alpha value is -1.63. The molecule has 0 aliphatic heterocycles. The number of nitro groups is 1. The second kappa shape index (κ2) is 6.77. The highest BCUT2D eigenvalue weighted by Crippen LogP contribution is 2.04. The minimum Gasteiger partial charge on any atom is -0.465 e. The van der Waals surface area contributed by atoms with Crippen LogP contribution >= 0.6 is 0 Å². The number of carbonyl (C=O) groups excluding carboxylic acids is 1. The third-order valence-corrected chi connectivity index (χ3v) is 1.82. The van der Waals surface area contributed by atoms with Crippen LogP contribution in [0.5, 0.6) is 0 Å². The molecule has 0 aromatic rings. The molecule has 15 heavy (non-hydrogen) atoms. The average Bonchev–Trinajstić information content (AvgIpc) is 2.15. The van der Waals surface area contributed by atoms with Gasteiger partial charge in [0.2, 0.25) is 0 Å². The summed E-state index contributed by atoms with van der Waals surface area (Å²) in [5.74, 6) is -0.383. The maximum Gasteiger partial charge on any atom is 0.364 e. The van der Waals surface area contributed by atoms with E-state index in [1.54, 1.807) is 0 Å². The summed E-state index contributed by atoms with van der Waals surface area (Å²) in [6.45, 7) is 0. The van der Waals surface area contributed by atoms with E-state index in [4.69, 9.17) is 5.73 Å². The van der Waals surface area contributed by atoms with E-state index in [-0.39, 0.29) is 11.7 Å². The van der Waals surface area contributed by atoms with Crippen LogP contribution in [0.4, 0.5) is 0 Å². The Kier molecular flexibility index (Phi) is 6.03. The van der Waals surface area contributed by atoms with Crippen LogP contribution in [-0.2, 0) is 9.53 Å². The summed E-state index contributed by atoms with van der Waals surface area (Å²) < 4.78 is 4.48. The molecule has 0 spiro atoms. The highest BCUT2D eigenvalue weighted by Gasteiger charge is 2.16. The van der Waals surface area contributed by atoms with Crippen molar-refractivity contribution in [2.45, 2.75) is 25.3 Å². The van der Waals surface area contributed by atoms with Gasteiger partial charge in [0.05, 0.1) is 17.7 Å². The molecule has 0 radical (unpaired) electrons. The molecule has 1 atom stereocenters. The highest BCUT2D eigenvalue weighted by molar-refractivity contribution is 5.73. The van der Waals surface area contributed by atoms with Crippen molar-refractivity contribution in [2.24, 2.45) is 5.73 Å². The normalized spacial score (nSPS) is 13.3. The van der Waals surface area contributed by atoms with Gasteiger partial charge in [-0.3, -0.25) is 10.1 Å². The van der Waals surface area contributed by atoms with E-state index in [9.17, 15) is 14.9 Å². The van der Waals surface area contributed by atoms with Crippen LogP contribution in [0.15, 0.2) is 11.9 Å². The molecule has 0 saturated heterocycles. The lowest BCUT2D eigenvalue weighted by atomic mass is 10.1. The van der Waals surface area contributed by atoms with Crippen molar-refractivity contribution in [3.05, 3.63) is 22.0 Å². The van der Waals surface area contributed by atoms with E-state index >= 15 is 0 Å². The smallest absolute Gasteiger partial charge is 0.364 e. The zero-order chi connectivity index (χ0) is 11.8. The zero-order valence-corrected chi connectivity index (χ0v) is 8.64. The molecular formula is C8H16N3O4+. The number of nitrogens with zero attached hydrogens (tertiary/aromatic N) is 1. The predicted octanol–water partition coefficient (Wildman–Crippen LogP) is -0.983. The van der Waals surface area contributed by atoms with Crippen molar-refractivity contribution in [3.8, 4) is 0 Å². The molecule has 0 saturated carbocycles. The third kappa shape index (κ3) is 6.44. The molecule has 0 bridgehead atoms. The summed E-state index contributed by atoms with van der Waals surface area (Å²) in [5.41, 5.74) is 9.14. The lowest BCUT2D eigenvalue weighted by molar-refractivity contribution is -0.409. The largest absolute Gasteiger partial charge is 0.465 e. The zero-order valence-electron chi connectivity index (χ0n) is 8.64. The van der Waals surface area contributed by atoms with Gasteiger partial charge in [-0.2, -0.15) is 0 Å². The van der Waals surface area contributed by atoms with Gasteiger partial charge < -0.3 is 16.2 Å². The molecule has 0 aliphatic carbocycles. The number of ether oxygens (including phenoxy) is 1. The number of rotatable bonds is 6. The second-order valence-corrected chi connectivity index (χ2v) is 3.10. The molecule has 7 nitrogen and oxygen atoms in total. The van der Waals surface area contributed by atoms with E-state index in [2.05, 4.69) is 10.5 Å². The van der Waals surface area contributed by atoms with E-state index in [1.807, 2.05) is 0 Å². The minimum absolute atomic E-state index is 0.192. The standard InChI is InChI=1S/C8H15N3O4/c1-15-8(12)7(10)4-2-3-6(9)5-11(13)14/h5,7H,2-4,9-10H2,1H3/p+1. The molecule has 0 aromatic heterocycles. The van der Waals surface area contributed by atoms with Crippen LogP contribution in [0.3, 0.4) is 0 Å². The average molecular weight is 218 g/mol. The first-order chi connectivity index (χ1) is 6.97. The topological polar surface area (TPSA) is 123 Å². The Labute approximate surface area is 87.2 Å². The SMILES string of the molecule is COC(=O)C([NH3+])CCCC(N)=C[N+](=O)[O-]. The van der Waals surface area contributed by atoms with E-state index in [0.717, 1.165) is 6.20 Å². The third-order valence-electron chi connectivity index (χ3n) is 1.82. The van der Waals surface area contributed by atoms with Crippen LogP contribution in [0.1, 0.15) is 19.3 Å². The Bertz CT molecular complexity index is 265. The van der Waals surface area contributed by atoms with Gasteiger partial charge in [-0.1, -0.05) is 0 Å². The molecule has 0 aliphatic rings. The monoisotopic (exact) mass is 218 g/mol. The first-order valence-electron chi connectivity index (χ1n) is 4.48. The summed E-state index contributed by atoms with van der Waals surface area (Å²) in [6, 6.07) is -0.446. The molecule has 0 fully saturated rings. The van der Waals surface area contributed by atoms with Crippen molar-refractivity contribution < 1.29 is 20.2 Å². The number of carbonyl (C=O) groups is 1. The molecule has 0 amide bonds. The van der Waals surface area contributed by atoms with Crippen LogP contribution in [0, 0.1) is 10.1 Å². The lowest BCUT2D eigenvalue weighted by Crippen LogP contribution is -2.65. The lowest BCUT2D eigenvalue weighted by Gasteiger charge is -2.05. The summed E-state index contributed by atoms with van der Waals surface area (Å²) in [6.07, 6.45) is 2.21. The number of allylic oxidation sites excluding steroid dienone is 1. The van der Waals surface area contributed by atoms with Gasteiger partial charge in [-0.05, 0) is 12.8 Å². The molecular weight excluding hydrogens is 202 g/mol. The van der Waals surface area contributed by atoms with Gasteiger partial charge in [0.25, 0.3) is 6.20 Å². The molecule has 0 rings (SSSR count).